The Kier molecular flexibility index (Phi) is 6.90. The highest BCUT2D eigenvalue weighted by atomic mass is 35.5. The molecule has 36 heavy (non-hydrogen) atoms. The molecule has 5 rings (SSSR count). The van der Waals surface area contributed by atoms with Crippen LogP contribution in [0, 0.1) is 5.92 Å². The standard InChI is InChI=1S/C27H31ClN4O4/c1-27(2)15-22(21-8-7-20(34-3)14-23(21)35-27)29-26(33)17-9-11-32(12-10-17)16-24-30-25(31-36-24)18-5-4-6-19(28)13-18/h4-8,13-14,17,22H,9-12,15-16H2,1-3H3,(H,29,33). The number of likely N-dealkylation sites (tertiary alicyclic amines) is 1. The lowest BCUT2D eigenvalue weighted by Gasteiger charge is -2.39. The van der Waals surface area contributed by atoms with Crippen LogP contribution in [0.25, 0.3) is 11.4 Å². The molecule has 0 saturated carbocycles. The van der Waals surface area contributed by atoms with Crippen LogP contribution >= 0.6 is 11.6 Å². The first-order chi connectivity index (χ1) is 17.3. The smallest absolute Gasteiger partial charge is 0.241 e. The number of piperidine rings is 1. The van der Waals surface area contributed by atoms with Crippen molar-refractivity contribution in [2.45, 2.75) is 51.3 Å². The highest BCUT2D eigenvalue weighted by molar-refractivity contribution is 6.30. The van der Waals surface area contributed by atoms with Gasteiger partial charge in [-0.2, -0.15) is 4.98 Å². The van der Waals surface area contributed by atoms with E-state index in [1.54, 1.807) is 7.11 Å². The Hall–Kier alpha value is -3.10. The van der Waals surface area contributed by atoms with E-state index in [9.17, 15) is 4.79 Å². The van der Waals surface area contributed by atoms with Crippen LogP contribution in [-0.2, 0) is 11.3 Å². The van der Waals surface area contributed by atoms with Gasteiger partial charge in [0.15, 0.2) is 0 Å². The second kappa shape index (κ2) is 10.1. The van der Waals surface area contributed by atoms with Crippen molar-refractivity contribution >= 4 is 17.5 Å². The first-order valence-electron chi connectivity index (χ1n) is 12.3. The van der Waals surface area contributed by atoms with Crippen LogP contribution in [-0.4, -0.2) is 46.7 Å². The fourth-order valence-electron chi connectivity index (χ4n) is 4.99. The molecule has 3 aromatic rings. The Morgan fingerprint density at radius 2 is 2.03 bits per heavy atom. The molecule has 1 unspecified atom stereocenters. The second-order valence-electron chi connectivity index (χ2n) is 10.1. The van der Waals surface area contributed by atoms with Crippen molar-refractivity contribution in [2.24, 2.45) is 5.92 Å². The summed E-state index contributed by atoms with van der Waals surface area (Å²) in [6, 6.07) is 13.1. The summed E-state index contributed by atoms with van der Waals surface area (Å²) in [6.45, 7) is 6.23. The third-order valence-electron chi connectivity index (χ3n) is 6.86. The number of nitrogens with one attached hydrogen (secondary N) is 1. The maximum Gasteiger partial charge on any atom is 0.241 e. The second-order valence-corrected chi connectivity index (χ2v) is 10.5. The summed E-state index contributed by atoms with van der Waals surface area (Å²) >= 11 is 6.07. The van der Waals surface area contributed by atoms with Crippen LogP contribution in [0.4, 0.5) is 0 Å². The van der Waals surface area contributed by atoms with Crippen molar-refractivity contribution in [1.82, 2.24) is 20.4 Å². The summed E-state index contributed by atoms with van der Waals surface area (Å²) in [4.78, 5) is 20.0. The lowest BCUT2D eigenvalue weighted by atomic mass is 9.88. The van der Waals surface area contributed by atoms with Gasteiger partial charge >= 0.3 is 0 Å². The van der Waals surface area contributed by atoms with Gasteiger partial charge in [0, 0.05) is 34.6 Å². The molecule has 8 nitrogen and oxygen atoms in total. The van der Waals surface area contributed by atoms with E-state index in [2.05, 4.69) is 20.4 Å². The highest BCUT2D eigenvalue weighted by Gasteiger charge is 2.36. The number of carbonyl (C=O) groups excluding carboxylic acids is 1. The number of halogens is 1. The van der Waals surface area contributed by atoms with E-state index in [0.717, 1.165) is 48.6 Å². The van der Waals surface area contributed by atoms with Crippen LogP contribution in [0.5, 0.6) is 11.5 Å². The SMILES string of the molecule is COc1ccc2c(c1)OC(C)(C)CC2NC(=O)C1CCN(Cc2nc(-c3cccc(Cl)c3)no2)CC1. The van der Waals surface area contributed by atoms with Crippen molar-refractivity contribution < 1.29 is 18.8 Å². The number of benzene rings is 2. The number of rotatable bonds is 6. The van der Waals surface area contributed by atoms with E-state index < -0.39 is 0 Å². The van der Waals surface area contributed by atoms with Crippen LogP contribution in [0.15, 0.2) is 47.0 Å². The molecule has 1 atom stereocenters. The molecular formula is C27H31ClN4O4. The Bertz CT molecular complexity index is 1240. The summed E-state index contributed by atoms with van der Waals surface area (Å²) in [5.74, 6) is 2.66. The van der Waals surface area contributed by atoms with E-state index in [1.165, 1.54) is 0 Å². The molecular weight excluding hydrogens is 480 g/mol. The van der Waals surface area contributed by atoms with Gasteiger partial charge in [0.2, 0.25) is 17.6 Å². The fraction of sp³-hybridized carbons (Fsp3) is 0.444. The van der Waals surface area contributed by atoms with Crippen LogP contribution in [0.3, 0.4) is 0 Å². The predicted octanol–water partition coefficient (Wildman–Crippen LogP) is 5.03. The Balaban J connectivity index is 1.17. The van der Waals surface area contributed by atoms with Crippen molar-refractivity contribution in [3.8, 4) is 22.9 Å². The number of hydrogen-bond donors (Lipinski definition) is 1. The van der Waals surface area contributed by atoms with Gasteiger partial charge in [-0.15, -0.1) is 0 Å². The lowest BCUT2D eigenvalue weighted by Crippen LogP contribution is -2.45. The number of ether oxygens (including phenoxy) is 2. The number of carbonyl (C=O) groups is 1. The quantitative estimate of drug-likeness (QED) is 0.497. The minimum absolute atomic E-state index is 0.0291. The number of amides is 1. The topological polar surface area (TPSA) is 89.7 Å². The summed E-state index contributed by atoms with van der Waals surface area (Å²) in [5.41, 5.74) is 1.44. The van der Waals surface area contributed by atoms with Gasteiger partial charge in [-0.25, -0.2) is 0 Å². The Morgan fingerprint density at radius 3 is 2.78 bits per heavy atom. The number of methoxy groups -OCH3 is 1. The number of fused-ring (bicyclic) bond motifs is 1. The molecule has 2 aliphatic heterocycles. The number of hydrogen-bond acceptors (Lipinski definition) is 7. The molecule has 1 fully saturated rings. The lowest BCUT2D eigenvalue weighted by molar-refractivity contribution is -0.127. The van der Waals surface area contributed by atoms with Gasteiger partial charge in [0.25, 0.3) is 0 Å². The minimum Gasteiger partial charge on any atom is -0.497 e. The highest BCUT2D eigenvalue weighted by Crippen LogP contribution is 2.41. The monoisotopic (exact) mass is 510 g/mol. The molecule has 1 saturated heterocycles. The zero-order valence-electron chi connectivity index (χ0n) is 20.8. The van der Waals surface area contributed by atoms with Crippen LogP contribution in [0.2, 0.25) is 5.02 Å². The molecule has 0 bridgehead atoms. The van der Waals surface area contributed by atoms with Gasteiger partial charge in [-0.1, -0.05) is 28.9 Å². The van der Waals surface area contributed by atoms with Crippen LogP contribution < -0.4 is 14.8 Å². The first-order valence-corrected chi connectivity index (χ1v) is 12.7. The largest absolute Gasteiger partial charge is 0.497 e. The molecule has 190 valence electrons. The minimum atomic E-state index is -0.380. The average molecular weight is 511 g/mol. The molecule has 2 aliphatic rings. The Labute approximate surface area is 215 Å². The van der Waals surface area contributed by atoms with Crippen molar-refractivity contribution in [2.75, 3.05) is 20.2 Å². The summed E-state index contributed by atoms with van der Waals surface area (Å²) in [5, 5.41) is 8.02. The Morgan fingerprint density at radius 1 is 1.22 bits per heavy atom. The normalized spacial score (nSPS) is 19.8. The van der Waals surface area contributed by atoms with Crippen molar-refractivity contribution in [3.63, 3.8) is 0 Å². The van der Waals surface area contributed by atoms with Gasteiger partial charge in [0.05, 0.1) is 19.7 Å². The van der Waals surface area contributed by atoms with Crippen molar-refractivity contribution in [3.05, 3.63) is 58.9 Å². The summed E-state index contributed by atoms with van der Waals surface area (Å²) < 4.78 is 17.0. The van der Waals surface area contributed by atoms with Crippen molar-refractivity contribution in [1.29, 1.82) is 0 Å². The molecule has 1 N–H and O–H groups in total. The molecule has 0 radical (unpaired) electrons. The molecule has 9 heteroatoms. The maximum atomic E-state index is 13.2. The summed E-state index contributed by atoms with van der Waals surface area (Å²) in [6.07, 6.45) is 2.27. The third-order valence-corrected chi connectivity index (χ3v) is 7.10. The van der Waals surface area contributed by atoms with E-state index >= 15 is 0 Å². The van der Waals surface area contributed by atoms with Gasteiger partial charge in [-0.3, -0.25) is 9.69 Å². The molecule has 3 heterocycles. The van der Waals surface area contributed by atoms with Gasteiger partial charge < -0.3 is 19.3 Å². The molecule has 0 spiro atoms. The van der Waals surface area contributed by atoms with E-state index in [0.29, 0.717) is 29.7 Å². The zero-order valence-corrected chi connectivity index (χ0v) is 21.5. The maximum absolute atomic E-state index is 13.2. The van der Waals surface area contributed by atoms with Gasteiger partial charge in [-0.05, 0) is 64.0 Å². The third kappa shape index (κ3) is 5.50. The van der Waals surface area contributed by atoms with E-state index in [-0.39, 0.29) is 23.5 Å². The molecule has 1 aromatic heterocycles. The first kappa shape index (κ1) is 24.6. The zero-order chi connectivity index (χ0) is 25.3. The van der Waals surface area contributed by atoms with E-state index in [4.69, 9.17) is 25.6 Å². The molecule has 0 aliphatic carbocycles. The number of aromatic nitrogens is 2. The van der Waals surface area contributed by atoms with E-state index in [1.807, 2.05) is 56.3 Å². The summed E-state index contributed by atoms with van der Waals surface area (Å²) in [7, 11) is 1.64. The number of nitrogens with zero attached hydrogens (tertiary/aromatic N) is 3. The molecule has 1 amide bonds. The average Bonchev–Trinajstić information content (AvgIpc) is 3.32. The molecule has 2 aromatic carbocycles. The predicted molar refractivity (Wildman–Crippen MR) is 136 cm³/mol. The van der Waals surface area contributed by atoms with Gasteiger partial charge in [0.1, 0.15) is 17.1 Å². The van der Waals surface area contributed by atoms with Crippen LogP contribution in [0.1, 0.15) is 50.6 Å². The fourth-order valence-corrected chi connectivity index (χ4v) is 5.18.